The molecule has 3 aromatic rings. The van der Waals surface area contributed by atoms with Gasteiger partial charge in [-0.05, 0) is 34.5 Å². The Hall–Kier alpha value is -2.19. The maximum absolute atomic E-state index is 13.1. The van der Waals surface area contributed by atoms with Crippen LogP contribution >= 0.6 is 11.6 Å². The molecule has 0 unspecified atom stereocenters. The van der Waals surface area contributed by atoms with Gasteiger partial charge in [-0.3, -0.25) is 4.79 Å². The molecule has 0 bridgehead atoms. The van der Waals surface area contributed by atoms with Crippen LogP contribution in [0.25, 0.3) is 10.8 Å². The van der Waals surface area contributed by atoms with Crippen LogP contribution in [0.4, 0.5) is 4.39 Å². The van der Waals surface area contributed by atoms with Gasteiger partial charge in [-0.25, -0.2) is 4.39 Å². The summed E-state index contributed by atoms with van der Waals surface area (Å²) >= 11 is 5.74. The third-order valence-corrected chi connectivity index (χ3v) is 3.71. The molecule has 0 saturated carbocycles. The Bertz CT molecular complexity index is 826. The first-order valence-electron chi connectivity index (χ1n) is 6.59. The summed E-state index contributed by atoms with van der Waals surface area (Å²) < 4.78 is 13.1. The van der Waals surface area contributed by atoms with Crippen molar-refractivity contribution in [1.82, 2.24) is 0 Å². The van der Waals surface area contributed by atoms with Crippen molar-refractivity contribution in [2.24, 2.45) is 0 Å². The van der Waals surface area contributed by atoms with E-state index >= 15 is 0 Å². The molecule has 0 spiro atoms. The van der Waals surface area contributed by atoms with E-state index in [0.717, 1.165) is 10.8 Å². The summed E-state index contributed by atoms with van der Waals surface area (Å²) in [7, 11) is 0. The Labute approximate surface area is 127 Å². The number of hydrogen-bond donors (Lipinski definition) is 0. The molecule has 0 aliphatic rings. The Balaban J connectivity index is 1.87. The minimum absolute atomic E-state index is 0.0107. The summed E-state index contributed by atoms with van der Waals surface area (Å²) in [5.41, 5.74) is 1.36. The second-order valence-corrected chi connectivity index (χ2v) is 5.32. The van der Waals surface area contributed by atoms with Gasteiger partial charge in [0.15, 0.2) is 5.78 Å². The molecule has 0 aromatic heterocycles. The number of rotatable bonds is 3. The van der Waals surface area contributed by atoms with Crippen LogP contribution in [0, 0.1) is 5.82 Å². The molecule has 0 N–H and O–H groups in total. The molecular weight excluding hydrogens is 287 g/mol. The van der Waals surface area contributed by atoms with E-state index in [-0.39, 0.29) is 17.2 Å². The first-order chi connectivity index (χ1) is 10.1. The number of carbonyl (C=O) groups is 1. The first kappa shape index (κ1) is 13.8. The standard InChI is InChI=1S/C18H12ClFO/c19-16-9-12(5-8-17(16)20)10-18(21)15-7-6-13-3-1-2-4-14(13)11-15/h1-9,11H,10H2. The van der Waals surface area contributed by atoms with Gasteiger partial charge in [0.1, 0.15) is 5.82 Å². The number of hydrogen-bond acceptors (Lipinski definition) is 1. The number of fused-ring (bicyclic) bond motifs is 1. The van der Waals surface area contributed by atoms with Crippen molar-refractivity contribution in [2.45, 2.75) is 6.42 Å². The molecule has 1 nitrogen and oxygen atoms in total. The molecule has 0 saturated heterocycles. The molecule has 0 aliphatic heterocycles. The van der Waals surface area contributed by atoms with E-state index in [0.29, 0.717) is 11.1 Å². The van der Waals surface area contributed by atoms with Gasteiger partial charge in [0.25, 0.3) is 0 Å². The van der Waals surface area contributed by atoms with Crippen LogP contribution in [-0.4, -0.2) is 5.78 Å². The van der Waals surface area contributed by atoms with E-state index in [2.05, 4.69) is 0 Å². The molecular formula is C18H12ClFO. The Kier molecular flexibility index (Phi) is 3.72. The molecule has 0 aliphatic carbocycles. The van der Waals surface area contributed by atoms with Crippen molar-refractivity contribution < 1.29 is 9.18 Å². The van der Waals surface area contributed by atoms with Crippen LogP contribution in [0.1, 0.15) is 15.9 Å². The molecule has 0 heterocycles. The zero-order valence-electron chi connectivity index (χ0n) is 11.1. The summed E-state index contributed by atoms with van der Waals surface area (Å²) in [5, 5.41) is 2.16. The van der Waals surface area contributed by atoms with E-state index in [9.17, 15) is 9.18 Å². The van der Waals surface area contributed by atoms with Crippen LogP contribution in [0.5, 0.6) is 0 Å². The van der Waals surface area contributed by atoms with Crippen LogP contribution < -0.4 is 0 Å². The largest absolute Gasteiger partial charge is 0.294 e. The SMILES string of the molecule is O=C(Cc1ccc(F)c(Cl)c1)c1ccc2ccccc2c1. The second kappa shape index (κ2) is 5.66. The van der Waals surface area contributed by atoms with Crippen molar-refractivity contribution in [3.8, 4) is 0 Å². The van der Waals surface area contributed by atoms with Crippen LogP contribution in [0.15, 0.2) is 60.7 Å². The Morgan fingerprint density at radius 2 is 1.71 bits per heavy atom. The lowest BCUT2D eigenvalue weighted by Gasteiger charge is -2.05. The highest BCUT2D eigenvalue weighted by Gasteiger charge is 2.09. The molecule has 3 aromatic carbocycles. The average molecular weight is 299 g/mol. The molecule has 104 valence electrons. The maximum Gasteiger partial charge on any atom is 0.167 e. The van der Waals surface area contributed by atoms with Gasteiger partial charge < -0.3 is 0 Å². The lowest BCUT2D eigenvalue weighted by Crippen LogP contribution is -2.03. The lowest BCUT2D eigenvalue weighted by atomic mass is 10.00. The van der Waals surface area contributed by atoms with Crippen molar-refractivity contribution in [3.05, 3.63) is 82.6 Å². The molecule has 3 rings (SSSR count). The molecule has 21 heavy (non-hydrogen) atoms. The Morgan fingerprint density at radius 1 is 0.952 bits per heavy atom. The Morgan fingerprint density at radius 3 is 2.48 bits per heavy atom. The highest BCUT2D eigenvalue weighted by atomic mass is 35.5. The van der Waals surface area contributed by atoms with Gasteiger partial charge in [-0.15, -0.1) is 0 Å². The molecule has 0 atom stereocenters. The minimum Gasteiger partial charge on any atom is -0.294 e. The predicted octanol–water partition coefficient (Wildman–Crippen LogP) is 5.06. The molecule has 0 fully saturated rings. The second-order valence-electron chi connectivity index (χ2n) is 4.91. The van der Waals surface area contributed by atoms with Gasteiger partial charge in [0.05, 0.1) is 5.02 Å². The molecule has 0 radical (unpaired) electrons. The third kappa shape index (κ3) is 2.96. The van der Waals surface area contributed by atoms with Gasteiger partial charge in [0, 0.05) is 12.0 Å². The van der Waals surface area contributed by atoms with Gasteiger partial charge in [-0.2, -0.15) is 0 Å². The van der Waals surface area contributed by atoms with Crippen LogP contribution in [-0.2, 0) is 6.42 Å². The molecule has 0 amide bonds. The van der Waals surface area contributed by atoms with E-state index in [1.54, 1.807) is 6.07 Å². The smallest absolute Gasteiger partial charge is 0.167 e. The fourth-order valence-corrected chi connectivity index (χ4v) is 2.50. The predicted molar refractivity (Wildman–Crippen MR) is 83.4 cm³/mol. The average Bonchev–Trinajstić information content (AvgIpc) is 2.50. The van der Waals surface area contributed by atoms with Crippen molar-refractivity contribution >= 4 is 28.2 Å². The van der Waals surface area contributed by atoms with E-state index in [1.165, 1.54) is 12.1 Å². The van der Waals surface area contributed by atoms with Crippen molar-refractivity contribution in [2.75, 3.05) is 0 Å². The van der Waals surface area contributed by atoms with E-state index in [1.807, 2.05) is 42.5 Å². The van der Waals surface area contributed by atoms with E-state index in [4.69, 9.17) is 11.6 Å². The van der Waals surface area contributed by atoms with Gasteiger partial charge in [0.2, 0.25) is 0 Å². The normalized spacial score (nSPS) is 10.8. The zero-order valence-corrected chi connectivity index (χ0v) is 11.9. The summed E-state index contributed by atoms with van der Waals surface area (Å²) in [4.78, 5) is 12.3. The highest BCUT2D eigenvalue weighted by molar-refractivity contribution is 6.30. The first-order valence-corrected chi connectivity index (χ1v) is 6.97. The van der Waals surface area contributed by atoms with Gasteiger partial charge >= 0.3 is 0 Å². The van der Waals surface area contributed by atoms with Crippen molar-refractivity contribution in [3.63, 3.8) is 0 Å². The number of halogens is 2. The lowest BCUT2D eigenvalue weighted by molar-refractivity contribution is 0.0993. The highest BCUT2D eigenvalue weighted by Crippen LogP contribution is 2.19. The van der Waals surface area contributed by atoms with E-state index < -0.39 is 5.82 Å². The van der Waals surface area contributed by atoms with Crippen LogP contribution in [0.2, 0.25) is 5.02 Å². The van der Waals surface area contributed by atoms with Crippen LogP contribution in [0.3, 0.4) is 0 Å². The fraction of sp³-hybridized carbons (Fsp3) is 0.0556. The van der Waals surface area contributed by atoms with Gasteiger partial charge in [-0.1, -0.05) is 54.1 Å². The summed E-state index contributed by atoms with van der Waals surface area (Å²) in [6.07, 6.45) is 0.207. The quantitative estimate of drug-likeness (QED) is 0.618. The topological polar surface area (TPSA) is 17.1 Å². The zero-order chi connectivity index (χ0) is 14.8. The minimum atomic E-state index is -0.474. The third-order valence-electron chi connectivity index (χ3n) is 3.42. The summed E-state index contributed by atoms with van der Waals surface area (Å²) in [5.74, 6) is -0.484. The summed E-state index contributed by atoms with van der Waals surface area (Å²) in [6.45, 7) is 0. The monoisotopic (exact) mass is 298 g/mol. The number of ketones is 1. The maximum atomic E-state index is 13.1. The molecule has 3 heteroatoms. The number of benzene rings is 3. The van der Waals surface area contributed by atoms with Crippen molar-refractivity contribution in [1.29, 1.82) is 0 Å². The fourth-order valence-electron chi connectivity index (χ4n) is 2.30. The number of carbonyl (C=O) groups excluding carboxylic acids is 1. The number of Topliss-reactive ketones (excluding diaryl/α,β-unsaturated/α-hetero) is 1. The summed E-state index contributed by atoms with van der Waals surface area (Å²) in [6, 6.07) is 17.9.